The molecular formula is C17H26O3S. The van der Waals surface area contributed by atoms with Crippen molar-refractivity contribution in [3.8, 4) is 5.75 Å². The summed E-state index contributed by atoms with van der Waals surface area (Å²) in [7, 11) is -2.96. The number of ether oxygens (including phenoxy) is 1. The topological polar surface area (TPSA) is 43.4 Å². The van der Waals surface area contributed by atoms with Gasteiger partial charge in [0.05, 0.1) is 18.1 Å². The Morgan fingerprint density at radius 3 is 2.76 bits per heavy atom. The van der Waals surface area contributed by atoms with Gasteiger partial charge in [0.2, 0.25) is 0 Å². The van der Waals surface area contributed by atoms with Crippen LogP contribution in [0.4, 0.5) is 0 Å². The van der Waals surface area contributed by atoms with Gasteiger partial charge in [-0.15, -0.1) is 0 Å². The summed E-state index contributed by atoms with van der Waals surface area (Å²) in [6.45, 7) is 4.77. The highest BCUT2D eigenvalue weighted by atomic mass is 32.2. The van der Waals surface area contributed by atoms with Gasteiger partial charge in [-0.25, -0.2) is 8.42 Å². The molecule has 1 atom stereocenters. The third-order valence-electron chi connectivity index (χ3n) is 3.92. The third-order valence-corrected chi connectivity index (χ3v) is 5.84. The van der Waals surface area contributed by atoms with Crippen LogP contribution in [0.1, 0.15) is 51.0 Å². The van der Waals surface area contributed by atoms with E-state index in [-0.39, 0.29) is 11.7 Å². The predicted molar refractivity (Wildman–Crippen MR) is 86.6 cm³/mol. The molecule has 1 saturated carbocycles. The maximum absolute atomic E-state index is 12.1. The predicted octanol–water partition coefficient (Wildman–Crippen LogP) is 3.79. The lowest BCUT2D eigenvalue weighted by atomic mass is 10.0. The minimum absolute atomic E-state index is 0.0105. The highest BCUT2D eigenvalue weighted by Crippen LogP contribution is 2.30. The van der Waals surface area contributed by atoms with Crippen LogP contribution in [0.3, 0.4) is 0 Å². The van der Waals surface area contributed by atoms with Crippen LogP contribution in [0, 0.1) is 5.92 Å². The van der Waals surface area contributed by atoms with Crippen LogP contribution in [-0.2, 0) is 9.84 Å². The summed E-state index contributed by atoms with van der Waals surface area (Å²) < 4.78 is 29.9. The Bertz CT molecular complexity index is 547. The van der Waals surface area contributed by atoms with Gasteiger partial charge >= 0.3 is 0 Å². The van der Waals surface area contributed by atoms with Crippen molar-refractivity contribution in [3.63, 3.8) is 0 Å². The summed E-state index contributed by atoms with van der Waals surface area (Å²) >= 11 is 0. The van der Waals surface area contributed by atoms with E-state index in [4.69, 9.17) is 4.74 Å². The molecule has 0 heterocycles. The fourth-order valence-electron chi connectivity index (χ4n) is 2.33. The van der Waals surface area contributed by atoms with Crippen molar-refractivity contribution >= 4 is 9.84 Å². The lowest BCUT2D eigenvalue weighted by molar-refractivity contribution is 0.299. The van der Waals surface area contributed by atoms with E-state index in [2.05, 4.69) is 0 Å². The van der Waals surface area contributed by atoms with Crippen molar-refractivity contribution in [1.29, 1.82) is 0 Å². The van der Waals surface area contributed by atoms with Crippen LogP contribution < -0.4 is 4.74 Å². The van der Waals surface area contributed by atoms with Crippen molar-refractivity contribution in [2.45, 2.75) is 45.4 Å². The molecule has 0 aliphatic heterocycles. The van der Waals surface area contributed by atoms with E-state index in [1.165, 1.54) is 12.8 Å². The second-order valence-electron chi connectivity index (χ2n) is 6.20. The summed E-state index contributed by atoms with van der Waals surface area (Å²) in [5, 5.41) is 0. The van der Waals surface area contributed by atoms with Gasteiger partial charge in [0.15, 0.2) is 9.84 Å². The number of hydrogen-bond acceptors (Lipinski definition) is 3. The molecule has 4 heteroatoms. The van der Waals surface area contributed by atoms with E-state index in [1.54, 1.807) is 0 Å². The highest BCUT2D eigenvalue weighted by molar-refractivity contribution is 7.91. The minimum Gasteiger partial charge on any atom is -0.493 e. The summed E-state index contributed by atoms with van der Waals surface area (Å²) in [5.41, 5.74) is 1.04. The third kappa shape index (κ3) is 5.70. The Morgan fingerprint density at radius 2 is 2.10 bits per heavy atom. The summed E-state index contributed by atoms with van der Waals surface area (Å²) in [6.07, 6.45) is 4.20. The Labute approximate surface area is 128 Å². The van der Waals surface area contributed by atoms with Crippen LogP contribution in [0.15, 0.2) is 24.3 Å². The highest BCUT2D eigenvalue weighted by Gasteiger charge is 2.22. The molecule has 1 aliphatic rings. The van der Waals surface area contributed by atoms with Gasteiger partial charge in [0.1, 0.15) is 5.75 Å². The van der Waals surface area contributed by atoms with Gasteiger partial charge in [-0.1, -0.05) is 32.4 Å². The summed E-state index contributed by atoms with van der Waals surface area (Å²) in [6, 6.07) is 7.88. The maximum atomic E-state index is 12.1. The van der Waals surface area contributed by atoms with Gasteiger partial charge < -0.3 is 4.74 Å². The molecule has 0 aromatic heterocycles. The van der Waals surface area contributed by atoms with Crippen LogP contribution in [0.5, 0.6) is 5.75 Å². The first kappa shape index (κ1) is 16.3. The first-order chi connectivity index (χ1) is 10.00. The largest absolute Gasteiger partial charge is 0.493 e. The molecule has 0 amide bonds. The number of rotatable bonds is 9. The molecule has 1 fully saturated rings. The maximum Gasteiger partial charge on any atom is 0.150 e. The van der Waals surface area contributed by atoms with Gasteiger partial charge in [-0.05, 0) is 48.8 Å². The molecule has 21 heavy (non-hydrogen) atoms. The lowest BCUT2D eigenvalue weighted by Crippen LogP contribution is -2.16. The monoisotopic (exact) mass is 310 g/mol. The minimum atomic E-state index is -2.96. The number of benzene rings is 1. The normalized spacial score (nSPS) is 16.7. The molecule has 0 N–H and O–H groups in total. The van der Waals surface area contributed by atoms with Crippen molar-refractivity contribution in [2.75, 3.05) is 18.1 Å². The molecule has 0 radical (unpaired) electrons. The Morgan fingerprint density at radius 1 is 1.33 bits per heavy atom. The molecule has 118 valence electrons. The molecule has 0 spiro atoms. The zero-order valence-corrected chi connectivity index (χ0v) is 13.9. The van der Waals surface area contributed by atoms with Crippen LogP contribution >= 0.6 is 0 Å². The smallest absolute Gasteiger partial charge is 0.150 e. The zero-order chi connectivity index (χ0) is 15.3. The molecule has 3 nitrogen and oxygen atoms in total. The van der Waals surface area contributed by atoms with Gasteiger partial charge in [0.25, 0.3) is 0 Å². The first-order valence-electron chi connectivity index (χ1n) is 7.93. The van der Waals surface area contributed by atoms with Gasteiger partial charge in [-0.2, -0.15) is 0 Å². The molecule has 1 aliphatic carbocycles. The quantitative estimate of drug-likeness (QED) is 0.697. The Kier molecular flexibility index (Phi) is 5.68. The van der Waals surface area contributed by atoms with Crippen molar-refractivity contribution in [3.05, 3.63) is 29.8 Å². The second kappa shape index (κ2) is 7.30. The second-order valence-corrected chi connectivity index (χ2v) is 8.42. The van der Waals surface area contributed by atoms with E-state index in [0.29, 0.717) is 5.75 Å². The Balaban J connectivity index is 1.94. The zero-order valence-electron chi connectivity index (χ0n) is 13.0. The average Bonchev–Trinajstić information content (AvgIpc) is 3.27. The van der Waals surface area contributed by atoms with Gasteiger partial charge in [-0.3, -0.25) is 0 Å². The fourth-order valence-corrected chi connectivity index (χ4v) is 4.18. The lowest BCUT2D eigenvalue weighted by Gasteiger charge is -2.14. The van der Waals surface area contributed by atoms with E-state index in [0.717, 1.165) is 36.7 Å². The average molecular weight is 310 g/mol. The molecule has 2 rings (SSSR count). The van der Waals surface area contributed by atoms with Crippen molar-refractivity contribution < 1.29 is 13.2 Å². The van der Waals surface area contributed by atoms with E-state index in [9.17, 15) is 8.42 Å². The molecule has 1 unspecified atom stereocenters. The molecule has 0 saturated heterocycles. The first-order valence-corrected chi connectivity index (χ1v) is 9.75. The van der Waals surface area contributed by atoms with Crippen LogP contribution in [0.25, 0.3) is 0 Å². The van der Waals surface area contributed by atoms with Gasteiger partial charge in [0, 0.05) is 0 Å². The van der Waals surface area contributed by atoms with E-state index >= 15 is 0 Å². The van der Waals surface area contributed by atoms with Crippen LogP contribution in [0.2, 0.25) is 0 Å². The SMILES string of the molecule is CCCCS(=O)(=O)CC(C)c1cccc(OCC2CC2)c1. The standard InChI is InChI=1S/C17H26O3S/c1-3-4-10-21(18,19)13-14(2)16-6-5-7-17(11-16)20-12-15-8-9-15/h5-7,11,14-15H,3-4,8-10,12-13H2,1-2H3. The number of hydrogen-bond donors (Lipinski definition) is 0. The molecule has 1 aromatic carbocycles. The summed E-state index contributed by atoms with van der Waals surface area (Å²) in [4.78, 5) is 0. The van der Waals surface area contributed by atoms with Crippen molar-refractivity contribution in [1.82, 2.24) is 0 Å². The Hall–Kier alpha value is -1.03. The number of sulfone groups is 1. The van der Waals surface area contributed by atoms with Crippen molar-refractivity contribution in [2.24, 2.45) is 5.92 Å². The molecule has 1 aromatic rings. The van der Waals surface area contributed by atoms with E-state index in [1.807, 2.05) is 38.1 Å². The fraction of sp³-hybridized carbons (Fsp3) is 0.647. The molecule has 0 bridgehead atoms. The van der Waals surface area contributed by atoms with E-state index < -0.39 is 9.84 Å². The molecular weight excluding hydrogens is 284 g/mol. The van der Waals surface area contributed by atoms with Crippen LogP contribution in [-0.4, -0.2) is 26.5 Å². The number of unbranched alkanes of at least 4 members (excludes halogenated alkanes) is 1. The summed E-state index contributed by atoms with van der Waals surface area (Å²) in [5.74, 6) is 2.11.